The van der Waals surface area contributed by atoms with Crippen LogP contribution in [0.5, 0.6) is 5.75 Å². The molecule has 3 aromatic rings. The Labute approximate surface area is 150 Å². The molecule has 0 aliphatic heterocycles. The highest BCUT2D eigenvalue weighted by atomic mass is 35.5. The standard InChI is InChI=1S/C18H18ClN3O3/c1-12-13(10-21-22(12)2)9-20-18(23)17-8-7-16(25-17)11-24-15-5-3-14(19)4-6-15/h3-8,10H,9,11H2,1-2H3,(H,20,23). The second kappa shape index (κ2) is 7.44. The van der Waals surface area contributed by atoms with Gasteiger partial charge in [-0.3, -0.25) is 9.48 Å². The molecule has 0 unspecified atom stereocenters. The van der Waals surface area contributed by atoms with Crippen molar-refractivity contribution in [3.8, 4) is 5.75 Å². The number of nitrogens with zero attached hydrogens (tertiary/aromatic N) is 2. The molecule has 25 heavy (non-hydrogen) atoms. The average molecular weight is 360 g/mol. The lowest BCUT2D eigenvalue weighted by molar-refractivity contribution is 0.0919. The number of nitrogens with one attached hydrogen (secondary N) is 1. The Morgan fingerprint density at radius 1 is 1.28 bits per heavy atom. The lowest BCUT2D eigenvalue weighted by atomic mass is 10.2. The molecule has 0 fully saturated rings. The molecule has 0 saturated heterocycles. The summed E-state index contributed by atoms with van der Waals surface area (Å²) in [5.41, 5.74) is 1.98. The van der Waals surface area contributed by atoms with Gasteiger partial charge in [0.05, 0.1) is 6.20 Å². The first kappa shape index (κ1) is 17.1. The molecule has 1 N–H and O–H groups in total. The summed E-state index contributed by atoms with van der Waals surface area (Å²) in [7, 11) is 1.86. The maximum absolute atomic E-state index is 12.2. The van der Waals surface area contributed by atoms with Crippen LogP contribution < -0.4 is 10.1 Å². The van der Waals surface area contributed by atoms with Crippen molar-refractivity contribution in [1.29, 1.82) is 0 Å². The van der Waals surface area contributed by atoms with Crippen LogP contribution in [0.1, 0.15) is 27.6 Å². The van der Waals surface area contributed by atoms with E-state index in [1.54, 1.807) is 47.3 Å². The van der Waals surface area contributed by atoms with E-state index in [4.69, 9.17) is 20.8 Å². The van der Waals surface area contributed by atoms with Gasteiger partial charge in [-0.25, -0.2) is 0 Å². The Hall–Kier alpha value is -2.73. The van der Waals surface area contributed by atoms with Crippen molar-refractivity contribution in [2.75, 3.05) is 0 Å². The molecule has 1 amide bonds. The van der Waals surface area contributed by atoms with Crippen molar-refractivity contribution >= 4 is 17.5 Å². The van der Waals surface area contributed by atoms with Gasteiger partial charge in [0.2, 0.25) is 0 Å². The highest BCUT2D eigenvalue weighted by Gasteiger charge is 2.12. The van der Waals surface area contributed by atoms with Crippen LogP contribution in [0.4, 0.5) is 0 Å². The second-order valence-corrected chi connectivity index (χ2v) is 6.01. The zero-order valence-corrected chi connectivity index (χ0v) is 14.7. The van der Waals surface area contributed by atoms with Crippen LogP contribution in [-0.4, -0.2) is 15.7 Å². The first-order chi connectivity index (χ1) is 12.0. The van der Waals surface area contributed by atoms with Gasteiger partial charge >= 0.3 is 0 Å². The molecule has 0 saturated carbocycles. The Kier molecular flexibility index (Phi) is 5.09. The minimum Gasteiger partial charge on any atom is -0.486 e. The molecule has 0 bridgehead atoms. The number of rotatable bonds is 6. The number of ether oxygens (including phenoxy) is 1. The molecule has 3 rings (SSSR count). The summed E-state index contributed by atoms with van der Waals surface area (Å²) in [6.07, 6.45) is 1.74. The van der Waals surface area contributed by atoms with Crippen LogP contribution in [0.25, 0.3) is 0 Å². The van der Waals surface area contributed by atoms with E-state index in [2.05, 4.69) is 10.4 Å². The Balaban J connectivity index is 1.54. The summed E-state index contributed by atoms with van der Waals surface area (Å²) < 4.78 is 12.9. The number of carbonyl (C=O) groups is 1. The third-order valence-corrected chi connectivity index (χ3v) is 4.11. The monoisotopic (exact) mass is 359 g/mol. The maximum atomic E-state index is 12.2. The SMILES string of the molecule is Cc1c(CNC(=O)c2ccc(COc3ccc(Cl)cc3)o2)cnn1C. The lowest BCUT2D eigenvalue weighted by Crippen LogP contribution is -2.22. The summed E-state index contributed by atoms with van der Waals surface area (Å²) in [5, 5.41) is 7.61. The highest BCUT2D eigenvalue weighted by Crippen LogP contribution is 2.18. The number of furan rings is 1. The molecule has 2 aromatic heterocycles. The van der Waals surface area contributed by atoms with Crippen LogP contribution >= 0.6 is 11.6 Å². The highest BCUT2D eigenvalue weighted by molar-refractivity contribution is 6.30. The zero-order valence-electron chi connectivity index (χ0n) is 14.0. The summed E-state index contributed by atoms with van der Waals surface area (Å²) in [4.78, 5) is 12.2. The molecule has 0 radical (unpaired) electrons. The summed E-state index contributed by atoms with van der Waals surface area (Å²) >= 11 is 5.83. The number of benzene rings is 1. The van der Waals surface area contributed by atoms with Gasteiger partial charge < -0.3 is 14.5 Å². The van der Waals surface area contributed by atoms with Crippen molar-refractivity contribution in [1.82, 2.24) is 15.1 Å². The van der Waals surface area contributed by atoms with Crippen LogP contribution in [0.2, 0.25) is 5.02 Å². The lowest BCUT2D eigenvalue weighted by Gasteiger charge is -2.04. The minimum absolute atomic E-state index is 0.233. The minimum atomic E-state index is -0.277. The van der Waals surface area contributed by atoms with Gasteiger partial charge in [-0.1, -0.05) is 11.6 Å². The average Bonchev–Trinajstić information content (AvgIpc) is 3.21. The van der Waals surface area contributed by atoms with E-state index in [9.17, 15) is 4.79 Å². The molecule has 7 heteroatoms. The van der Waals surface area contributed by atoms with Gasteiger partial charge in [-0.05, 0) is 43.3 Å². The largest absolute Gasteiger partial charge is 0.486 e. The quantitative estimate of drug-likeness (QED) is 0.731. The number of aryl methyl sites for hydroxylation is 1. The predicted octanol–water partition coefficient (Wildman–Crippen LogP) is 3.48. The predicted molar refractivity (Wildman–Crippen MR) is 93.6 cm³/mol. The number of hydrogen-bond acceptors (Lipinski definition) is 4. The fourth-order valence-electron chi connectivity index (χ4n) is 2.24. The topological polar surface area (TPSA) is 69.3 Å². The third-order valence-electron chi connectivity index (χ3n) is 3.86. The van der Waals surface area contributed by atoms with Gasteiger partial charge in [0.25, 0.3) is 5.91 Å². The molecular weight excluding hydrogens is 342 g/mol. The fraction of sp³-hybridized carbons (Fsp3) is 0.222. The van der Waals surface area contributed by atoms with E-state index in [1.165, 1.54) is 0 Å². The van der Waals surface area contributed by atoms with Crippen molar-refractivity contribution in [2.45, 2.75) is 20.1 Å². The molecule has 6 nitrogen and oxygen atoms in total. The molecule has 0 spiro atoms. The van der Waals surface area contributed by atoms with Gasteiger partial charge in [0, 0.05) is 29.9 Å². The molecular formula is C18H18ClN3O3. The third kappa shape index (κ3) is 4.22. The summed E-state index contributed by atoms with van der Waals surface area (Å²) in [6.45, 7) is 2.58. The van der Waals surface area contributed by atoms with Crippen molar-refractivity contribution < 1.29 is 13.9 Å². The fourth-order valence-corrected chi connectivity index (χ4v) is 2.37. The number of aromatic nitrogens is 2. The van der Waals surface area contributed by atoms with E-state index < -0.39 is 0 Å². The van der Waals surface area contributed by atoms with E-state index in [0.29, 0.717) is 23.1 Å². The van der Waals surface area contributed by atoms with Gasteiger partial charge in [0.1, 0.15) is 18.1 Å². The smallest absolute Gasteiger partial charge is 0.287 e. The number of hydrogen-bond donors (Lipinski definition) is 1. The van der Waals surface area contributed by atoms with E-state index in [0.717, 1.165) is 11.3 Å². The first-order valence-electron chi connectivity index (χ1n) is 7.75. The Bertz CT molecular complexity index is 868. The molecule has 1 aromatic carbocycles. The van der Waals surface area contributed by atoms with Crippen molar-refractivity contribution in [2.24, 2.45) is 7.05 Å². The van der Waals surface area contributed by atoms with Crippen LogP contribution in [0, 0.1) is 6.92 Å². The maximum Gasteiger partial charge on any atom is 0.287 e. The number of carbonyl (C=O) groups excluding carboxylic acids is 1. The Morgan fingerprint density at radius 2 is 2.04 bits per heavy atom. The zero-order chi connectivity index (χ0) is 17.8. The molecule has 2 heterocycles. The normalized spacial score (nSPS) is 10.7. The first-order valence-corrected chi connectivity index (χ1v) is 8.13. The van der Waals surface area contributed by atoms with Gasteiger partial charge in [-0.15, -0.1) is 0 Å². The second-order valence-electron chi connectivity index (χ2n) is 5.57. The van der Waals surface area contributed by atoms with Crippen LogP contribution in [0.15, 0.2) is 47.0 Å². The van der Waals surface area contributed by atoms with Crippen LogP contribution in [0.3, 0.4) is 0 Å². The van der Waals surface area contributed by atoms with E-state index >= 15 is 0 Å². The van der Waals surface area contributed by atoms with Crippen molar-refractivity contribution in [3.63, 3.8) is 0 Å². The van der Waals surface area contributed by atoms with Gasteiger partial charge in [-0.2, -0.15) is 5.10 Å². The molecule has 0 aliphatic carbocycles. The van der Waals surface area contributed by atoms with Crippen LogP contribution in [-0.2, 0) is 20.2 Å². The van der Waals surface area contributed by atoms with E-state index in [1.807, 2.05) is 14.0 Å². The summed E-state index contributed by atoms with van der Waals surface area (Å²) in [5.74, 6) is 1.22. The summed E-state index contributed by atoms with van der Waals surface area (Å²) in [6, 6.07) is 10.4. The molecule has 130 valence electrons. The molecule has 0 atom stereocenters. The number of amides is 1. The Morgan fingerprint density at radius 3 is 2.72 bits per heavy atom. The van der Waals surface area contributed by atoms with E-state index in [-0.39, 0.29) is 18.3 Å². The number of halogens is 1. The molecule has 0 aliphatic rings. The van der Waals surface area contributed by atoms with Crippen molar-refractivity contribution in [3.05, 3.63) is 70.4 Å². The van der Waals surface area contributed by atoms with Gasteiger partial charge in [0.15, 0.2) is 5.76 Å².